The summed E-state index contributed by atoms with van der Waals surface area (Å²) in [6, 6.07) is 13.0. The van der Waals surface area contributed by atoms with Crippen molar-refractivity contribution in [2.45, 2.75) is 39.7 Å². The molecule has 2 aromatic carbocycles. The maximum atomic E-state index is 12.7. The summed E-state index contributed by atoms with van der Waals surface area (Å²) in [5.41, 5.74) is 7.83. The van der Waals surface area contributed by atoms with Crippen LogP contribution in [0.5, 0.6) is 11.5 Å². The second-order valence-corrected chi connectivity index (χ2v) is 8.07. The molecular formula is C25H33N3O4. The third kappa shape index (κ3) is 6.47. The number of carbonyl (C=O) groups is 2. The van der Waals surface area contributed by atoms with Crippen LogP contribution in [-0.4, -0.2) is 43.0 Å². The SMILES string of the molecule is CCCOc1ccc(C(=O)Nc2ccc(CN3CCCC(C(N)=O)C3)cc2)cc1OCC. The van der Waals surface area contributed by atoms with Crippen molar-refractivity contribution in [1.82, 2.24) is 4.90 Å². The van der Waals surface area contributed by atoms with E-state index in [-0.39, 0.29) is 17.7 Å². The number of hydrogen-bond acceptors (Lipinski definition) is 5. The molecule has 0 radical (unpaired) electrons. The number of nitrogens with one attached hydrogen (secondary N) is 1. The molecule has 0 bridgehead atoms. The molecule has 1 aliphatic heterocycles. The molecular weight excluding hydrogens is 406 g/mol. The van der Waals surface area contributed by atoms with E-state index in [0.717, 1.165) is 43.6 Å². The van der Waals surface area contributed by atoms with Gasteiger partial charge in [0.15, 0.2) is 11.5 Å². The average molecular weight is 440 g/mol. The maximum absolute atomic E-state index is 12.7. The topological polar surface area (TPSA) is 93.9 Å². The first-order chi connectivity index (χ1) is 15.5. The molecule has 1 fully saturated rings. The van der Waals surface area contributed by atoms with Crippen LogP contribution in [0.3, 0.4) is 0 Å². The number of benzene rings is 2. The van der Waals surface area contributed by atoms with Gasteiger partial charge in [0.2, 0.25) is 5.91 Å². The summed E-state index contributed by atoms with van der Waals surface area (Å²) in [5, 5.41) is 2.93. The first-order valence-corrected chi connectivity index (χ1v) is 11.3. The van der Waals surface area contributed by atoms with Gasteiger partial charge in [0.05, 0.1) is 19.1 Å². The Labute approximate surface area is 189 Å². The molecule has 0 spiro atoms. The van der Waals surface area contributed by atoms with Crippen molar-refractivity contribution >= 4 is 17.5 Å². The number of primary amides is 1. The van der Waals surface area contributed by atoms with Crippen molar-refractivity contribution < 1.29 is 19.1 Å². The largest absolute Gasteiger partial charge is 0.490 e. The Balaban J connectivity index is 1.60. The van der Waals surface area contributed by atoms with Crippen LogP contribution in [0.15, 0.2) is 42.5 Å². The monoisotopic (exact) mass is 439 g/mol. The summed E-state index contributed by atoms with van der Waals surface area (Å²) in [5.74, 6) is 0.722. The lowest BCUT2D eigenvalue weighted by Gasteiger charge is -2.31. The molecule has 0 aromatic heterocycles. The van der Waals surface area contributed by atoms with E-state index in [9.17, 15) is 9.59 Å². The lowest BCUT2D eigenvalue weighted by molar-refractivity contribution is -0.123. The minimum Gasteiger partial charge on any atom is -0.490 e. The van der Waals surface area contributed by atoms with E-state index in [4.69, 9.17) is 15.2 Å². The standard InChI is InChI=1S/C25H33N3O4/c1-3-14-32-22-12-9-19(15-23(22)31-4-2)25(30)27-21-10-7-18(8-11-21)16-28-13-5-6-20(17-28)24(26)29/h7-12,15,20H,3-6,13-14,16-17H2,1-2H3,(H2,26,29)(H,27,30). The number of piperidine rings is 1. The second-order valence-electron chi connectivity index (χ2n) is 8.07. The Morgan fingerprint density at radius 2 is 1.88 bits per heavy atom. The van der Waals surface area contributed by atoms with Crippen LogP contribution in [-0.2, 0) is 11.3 Å². The smallest absolute Gasteiger partial charge is 0.255 e. The van der Waals surface area contributed by atoms with Gasteiger partial charge in [-0.25, -0.2) is 0 Å². The molecule has 3 rings (SSSR count). The predicted molar refractivity (Wildman–Crippen MR) is 125 cm³/mol. The summed E-state index contributed by atoms with van der Waals surface area (Å²) in [6.07, 6.45) is 2.74. The predicted octanol–water partition coefficient (Wildman–Crippen LogP) is 3.82. The van der Waals surface area contributed by atoms with E-state index in [0.29, 0.717) is 36.8 Å². The van der Waals surface area contributed by atoms with Gasteiger partial charge < -0.3 is 20.5 Å². The van der Waals surface area contributed by atoms with E-state index in [1.165, 1.54) is 0 Å². The van der Waals surface area contributed by atoms with Crippen LogP contribution < -0.4 is 20.5 Å². The van der Waals surface area contributed by atoms with E-state index < -0.39 is 0 Å². The lowest BCUT2D eigenvalue weighted by Crippen LogP contribution is -2.40. The maximum Gasteiger partial charge on any atom is 0.255 e. The number of hydrogen-bond donors (Lipinski definition) is 2. The summed E-state index contributed by atoms with van der Waals surface area (Å²) in [4.78, 5) is 26.5. The zero-order valence-corrected chi connectivity index (χ0v) is 18.9. The van der Waals surface area contributed by atoms with E-state index in [2.05, 4.69) is 10.2 Å². The molecule has 32 heavy (non-hydrogen) atoms. The molecule has 172 valence electrons. The summed E-state index contributed by atoms with van der Waals surface area (Å²) < 4.78 is 11.3. The zero-order valence-electron chi connectivity index (χ0n) is 18.9. The van der Waals surface area contributed by atoms with Crippen LogP contribution >= 0.6 is 0 Å². The Hall–Kier alpha value is -3.06. The molecule has 1 aliphatic rings. The fourth-order valence-electron chi connectivity index (χ4n) is 3.84. The number of nitrogens with two attached hydrogens (primary N) is 1. The van der Waals surface area contributed by atoms with Crippen LogP contribution in [0.25, 0.3) is 0 Å². The van der Waals surface area contributed by atoms with Crippen LogP contribution in [0.2, 0.25) is 0 Å². The average Bonchev–Trinajstić information content (AvgIpc) is 2.80. The highest BCUT2D eigenvalue weighted by Gasteiger charge is 2.23. The molecule has 3 N–H and O–H groups in total. The number of likely N-dealkylation sites (tertiary alicyclic amines) is 1. The first kappa shape index (κ1) is 23.6. The third-order valence-corrected chi connectivity index (χ3v) is 5.49. The van der Waals surface area contributed by atoms with E-state index in [1.54, 1.807) is 18.2 Å². The van der Waals surface area contributed by atoms with Gasteiger partial charge in [0.25, 0.3) is 5.91 Å². The van der Waals surface area contributed by atoms with Gasteiger partial charge in [-0.2, -0.15) is 0 Å². The quantitative estimate of drug-likeness (QED) is 0.587. The lowest BCUT2D eigenvalue weighted by atomic mass is 9.97. The van der Waals surface area contributed by atoms with Gasteiger partial charge in [0, 0.05) is 24.3 Å². The minimum absolute atomic E-state index is 0.0670. The summed E-state index contributed by atoms with van der Waals surface area (Å²) in [7, 11) is 0. The normalized spacial score (nSPS) is 16.4. The van der Waals surface area contributed by atoms with Crippen molar-refractivity contribution in [2.24, 2.45) is 11.7 Å². The molecule has 1 atom stereocenters. The van der Waals surface area contributed by atoms with Crippen molar-refractivity contribution in [1.29, 1.82) is 0 Å². The fourth-order valence-corrected chi connectivity index (χ4v) is 3.84. The highest BCUT2D eigenvalue weighted by Crippen LogP contribution is 2.29. The molecule has 2 aromatic rings. The van der Waals surface area contributed by atoms with E-state index >= 15 is 0 Å². The number of amides is 2. The van der Waals surface area contributed by atoms with Gasteiger partial charge >= 0.3 is 0 Å². The zero-order chi connectivity index (χ0) is 22.9. The Morgan fingerprint density at radius 3 is 2.56 bits per heavy atom. The van der Waals surface area contributed by atoms with Crippen LogP contribution in [0.1, 0.15) is 49.0 Å². The Kier molecular flexibility index (Phi) is 8.50. The molecule has 0 aliphatic carbocycles. The number of anilines is 1. The highest BCUT2D eigenvalue weighted by atomic mass is 16.5. The third-order valence-electron chi connectivity index (χ3n) is 5.49. The second kappa shape index (κ2) is 11.5. The number of rotatable bonds is 10. The number of ether oxygens (including phenoxy) is 2. The van der Waals surface area contributed by atoms with Gasteiger partial charge in [-0.15, -0.1) is 0 Å². The van der Waals surface area contributed by atoms with Crippen molar-refractivity contribution in [3.8, 4) is 11.5 Å². The molecule has 2 amide bonds. The van der Waals surface area contributed by atoms with Crippen molar-refractivity contribution in [3.05, 3.63) is 53.6 Å². The van der Waals surface area contributed by atoms with Gasteiger partial charge in [-0.1, -0.05) is 19.1 Å². The van der Waals surface area contributed by atoms with Gasteiger partial charge in [0.1, 0.15) is 0 Å². The summed E-state index contributed by atoms with van der Waals surface area (Å²) >= 11 is 0. The Morgan fingerprint density at radius 1 is 1.09 bits per heavy atom. The molecule has 7 nitrogen and oxygen atoms in total. The molecule has 1 unspecified atom stereocenters. The first-order valence-electron chi connectivity index (χ1n) is 11.3. The molecule has 0 saturated carbocycles. The fraction of sp³-hybridized carbons (Fsp3) is 0.440. The minimum atomic E-state index is -0.217. The van der Waals surface area contributed by atoms with Crippen molar-refractivity contribution in [2.75, 3.05) is 31.6 Å². The molecule has 1 heterocycles. The van der Waals surface area contributed by atoms with E-state index in [1.807, 2.05) is 38.1 Å². The number of nitrogens with zero attached hydrogens (tertiary/aromatic N) is 1. The molecule has 1 saturated heterocycles. The number of carbonyl (C=O) groups excluding carboxylic acids is 2. The highest BCUT2D eigenvalue weighted by molar-refractivity contribution is 6.04. The van der Waals surface area contributed by atoms with Crippen molar-refractivity contribution in [3.63, 3.8) is 0 Å². The van der Waals surface area contributed by atoms with Gasteiger partial charge in [-0.3, -0.25) is 14.5 Å². The van der Waals surface area contributed by atoms with Crippen LogP contribution in [0.4, 0.5) is 5.69 Å². The Bertz CT molecular complexity index is 914. The van der Waals surface area contributed by atoms with Gasteiger partial charge in [-0.05, 0) is 68.6 Å². The molecule has 7 heteroatoms. The van der Waals surface area contributed by atoms with Crippen LogP contribution in [0, 0.1) is 5.92 Å². The summed E-state index contributed by atoms with van der Waals surface area (Å²) in [6.45, 7) is 7.45.